The van der Waals surface area contributed by atoms with Crippen LogP contribution in [-0.4, -0.2) is 13.1 Å². The highest BCUT2D eigenvalue weighted by atomic mass is 35.5. The molecule has 0 fully saturated rings. The molecule has 0 saturated heterocycles. The standard InChI is InChI=1S/C14H22Cl2N2/c1-9(2)11(7-17)8-18-10(3)13-5-4-12(15)6-14(13)16/h4-6,9-11,18H,7-8,17H2,1-3H3. The van der Waals surface area contributed by atoms with Gasteiger partial charge in [0.15, 0.2) is 0 Å². The molecule has 2 nitrogen and oxygen atoms in total. The molecule has 2 atom stereocenters. The second kappa shape index (κ2) is 7.34. The van der Waals surface area contributed by atoms with E-state index in [2.05, 4.69) is 26.1 Å². The Balaban J connectivity index is 2.62. The van der Waals surface area contributed by atoms with Crippen molar-refractivity contribution < 1.29 is 0 Å². The lowest BCUT2D eigenvalue weighted by Crippen LogP contribution is -2.33. The molecule has 0 aliphatic rings. The van der Waals surface area contributed by atoms with Gasteiger partial charge in [-0.05, 0) is 49.5 Å². The highest BCUT2D eigenvalue weighted by Crippen LogP contribution is 2.26. The third-order valence-electron chi connectivity index (χ3n) is 3.36. The van der Waals surface area contributed by atoms with E-state index >= 15 is 0 Å². The average molecular weight is 289 g/mol. The summed E-state index contributed by atoms with van der Waals surface area (Å²) < 4.78 is 0. The van der Waals surface area contributed by atoms with E-state index in [1.54, 1.807) is 6.07 Å². The Morgan fingerprint density at radius 3 is 2.39 bits per heavy atom. The van der Waals surface area contributed by atoms with Crippen LogP contribution in [0.4, 0.5) is 0 Å². The summed E-state index contributed by atoms with van der Waals surface area (Å²) in [5, 5.41) is 4.85. The first-order valence-corrected chi connectivity index (χ1v) is 7.09. The van der Waals surface area contributed by atoms with Gasteiger partial charge in [0.2, 0.25) is 0 Å². The van der Waals surface area contributed by atoms with Crippen LogP contribution in [0.15, 0.2) is 18.2 Å². The minimum atomic E-state index is 0.197. The first-order valence-electron chi connectivity index (χ1n) is 6.34. The fraction of sp³-hybridized carbons (Fsp3) is 0.571. The molecule has 0 aliphatic carbocycles. The second-order valence-electron chi connectivity index (χ2n) is 5.04. The quantitative estimate of drug-likeness (QED) is 0.834. The van der Waals surface area contributed by atoms with Gasteiger partial charge in [-0.25, -0.2) is 0 Å². The zero-order chi connectivity index (χ0) is 13.7. The summed E-state index contributed by atoms with van der Waals surface area (Å²) in [5.74, 6) is 1.06. The van der Waals surface area contributed by atoms with Crippen molar-refractivity contribution in [1.82, 2.24) is 5.32 Å². The van der Waals surface area contributed by atoms with Crippen LogP contribution < -0.4 is 11.1 Å². The van der Waals surface area contributed by atoms with Crippen LogP contribution in [-0.2, 0) is 0 Å². The minimum Gasteiger partial charge on any atom is -0.330 e. The molecule has 0 amide bonds. The third-order valence-corrected chi connectivity index (χ3v) is 3.92. The number of nitrogens with two attached hydrogens (primary N) is 1. The molecular formula is C14H22Cl2N2. The number of hydrogen-bond acceptors (Lipinski definition) is 2. The van der Waals surface area contributed by atoms with Crippen molar-refractivity contribution in [3.63, 3.8) is 0 Å². The zero-order valence-corrected chi connectivity index (χ0v) is 12.7. The number of hydrogen-bond donors (Lipinski definition) is 2. The first-order chi connectivity index (χ1) is 8.45. The van der Waals surface area contributed by atoms with Crippen molar-refractivity contribution in [2.45, 2.75) is 26.8 Å². The van der Waals surface area contributed by atoms with Crippen molar-refractivity contribution in [3.05, 3.63) is 33.8 Å². The Bertz CT molecular complexity index is 380. The fourth-order valence-electron chi connectivity index (χ4n) is 1.88. The molecule has 1 aromatic rings. The van der Waals surface area contributed by atoms with E-state index in [-0.39, 0.29) is 6.04 Å². The highest BCUT2D eigenvalue weighted by Gasteiger charge is 2.14. The molecule has 3 N–H and O–H groups in total. The maximum Gasteiger partial charge on any atom is 0.0468 e. The largest absolute Gasteiger partial charge is 0.330 e. The van der Waals surface area contributed by atoms with Gasteiger partial charge in [0.25, 0.3) is 0 Å². The Hall–Kier alpha value is -0.280. The Morgan fingerprint density at radius 1 is 1.22 bits per heavy atom. The van der Waals surface area contributed by atoms with Gasteiger partial charge in [-0.15, -0.1) is 0 Å². The summed E-state index contributed by atoms with van der Waals surface area (Å²) >= 11 is 12.1. The summed E-state index contributed by atoms with van der Waals surface area (Å²) in [5.41, 5.74) is 6.83. The predicted octanol–water partition coefficient (Wildman–Crippen LogP) is 3.87. The molecule has 0 aliphatic heterocycles. The molecule has 0 saturated carbocycles. The Kier molecular flexibility index (Phi) is 6.44. The fourth-order valence-corrected chi connectivity index (χ4v) is 2.45. The molecule has 102 valence electrons. The Labute approximate surface area is 120 Å². The van der Waals surface area contributed by atoms with Crippen molar-refractivity contribution in [1.29, 1.82) is 0 Å². The summed E-state index contributed by atoms with van der Waals surface area (Å²) in [7, 11) is 0. The molecule has 4 heteroatoms. The van der Waals surface area contributed by atoms with Gasteiger partial charge in [-0.3, -0.25) is 0 Å². The summed E-state index contributed by atoms with van der Waals surface area (Å²) in [6, 6.07) is 5.81. The van der Waals surface area contributed by atoms with Crippen LogP contribution in [0.5, 0.6) is 0 Å². The van der Waals surface area contributed by atoms with E-state index < -0.39 is 0 Å². The van der Waals surface area contributed by atoms with Gasteiger partial charge in [-0.2, -0.15) is 0 Å². The number of nitrogens with one attached hydrogen (secondary N) is 1. The van der Waals surface area contributed by atoms with E-state index in [9.17, 15) is 0 Å². The average Bonchev–Trinajstić information content (AvgIpc) is 2.28. The number of rotatable bonds is 6. The molecule has 1 aromatic carbocycles. The molecule has 0 heterocycles. The minimum absolute atomic E-state index is 0.197. The van der Waals surface area contributed by atoms with Crippen LogP contribution in [0.25, 0.3) is 0 Å². The summed E-state index contributed by atoms with van der Waals surface area (Å²) in [6.45, 7) is 8.08. The van der Waals surface area contributed by atoms with Gasteiger partial charge in [0.1, 0.15) is 0 Å². The second-order valence-corrected chi connectivity index (χ2v) is 5.88. The first kappa shape index (κ1) is 15.8. The van der Waals surface area contributed by atoms with Crippen LogP contribution in [0.2, 0.25) is 10.0 Å². The molecule has 0 spiro atoms. The van der Waals surface area contributed by atoms with Crippen LogP contribution in [0.3, 0.4) is 0 Å². The highest BCUT2D eigenvalue weighted by molar-refractivity contribution is 6.35. The predicted molar refractivity (Wildman–Crippen MR) is 80.3 cm³/mol. The smallest absolute Gasteiger partial charge is 0.0468 e. The van der Waals surface area contributed by atoms with Crippen LogP contribution >= 0.6 is 23.2 Å². The topological polar surface area (TPSA) is 38.0 Å². The maximum absolute atomic E-state index is 6.19. The zero-order valence-electron chi connectivity index (χ0n) is 11.2. The van der Waals surface area contributed by atoms with Crippen molar-refractivity contribution in [2.75, 3.05) is 13.1 Å². The molecule has 2 unspecified atom stereocenters. The lowest BCUT2D eigenvalue weighted by Gasteiger charge is -2.23. The normalized spacial score (nSPS) is 14.8. The van der Waals surface area contributed by atoms with Crippen molar-refractivity contribution in [2.24, 2.45) is 17.6 Å². The molecule has 1 rings (SSSR count). The third kappa shape index (κ3) is 4.43. The molecular weight excluding hydrogens is 267 g/mol. The number of benzene rings is 1. The Morgan fingerprint density at radius 2 is 1.89 bits per heavy atom. The van der Waals surface area contributed by atoms with Crippen LogP contribution in [0.1, 0.15) is 32.4 Å². The van der Waals surface area contributed by atoms with Gasteiger partial charge in [0.05, 0.1) is 0 Å². The SMILES string of the molecule is CC(NCC(CN)C(C)C)c1ccc(Cl)cc1Cl. The molecule has 0 aromatic heterocycles. The van der Waals surface area contributed by atoms with Gasteiger partial charge in [-0.1, -0.05) is 43.1 Å². The lowest BCUT2D eigenvalue weighted by atomic mass is 9.95. The van der Waals surface area contributed by atoms with Crippen LogP contribution in [0, 0.1) is 11.8 Å². The number of halogens is 2. The van der Waals surface area contributed by atoms with Gasteiger partial charge < -0.3 is 11.1 Å². The van der Waals surface area contributed by atoms with Crippen molar-refractivity contribution >= 4 is 23.2 Å². The van der Waals surface area contributed by atoms with E-state index in [1.165, 1.54) is 0 Å². The molecule has 18 heavy (non-hydrogen) atoms. The van der Waals surface area contributed by atoms with Gasteiger partial charge >= 0.3 is 0 Å². The van der Waals surface area contributed by atoms with E-state index in [0.717, 1.165) is 12.1 Å². The van der Waals surface area contributed by atoms with Crippen molar-refractivity contribution in [3.8, 4) is 0 Å². The molecule has 0 radical (unpaired) electrons. The summed E-state index contributed by atoms with van der Waals surface area (Å²) in [4.78, 5) is 0. The van der Waals surface area contributed by atoms with Gasteiger partial charge in [0, 0.05) is 16.1 Å². The summed E-state index contributed by atoms with van der Waals surface area (Å²) in [6.07, 6.45) is 0. The van der Waals surface area contributed by atoms with E-state index in [4.69, 9.17) is 28.9 Å². The maximum atomic E-state index is 6.19. The van der Waals surface area contributed by atoms with E-state index in [1.807, 2.05) is 12.1 Å². The monoisotopic (exact) mass is 288 g/mol. The van der Waals surface area contributed by atoms with E-state index in [0.29, 0.717) is 28.4 Å². The molecule has 0 bridgehead atoms. The lowest BCUT2D eigenvalue weighted by molar-refractivity contribution is 0.356.